The zero-order valence-corrected chi connectivity index (χ0v) is 20.9. The van der Waals surface area contributed by atoms with Crippen molar-refractivity contribution in [2.24, 2.45) is 5.41 Å². The Bertz CT molecular complexity index is 1240. The predicted molar refractivity (Wildman–Crippen MR) is 136 cm³/mol. The Morgan fingerprint density at radius 1 is 1.06 bits per heavy atom. The molecule has 6 rings (SSSR count). The Kier molecular flexibility index (Phi) is 5.39. The van der Waals surface area contributed by atoms with Gasteiger partial charge in [-0.15, -0.1) is 0 Å². The lowest BCUT2D eigenvalue weighted by atomic mass is 9.69. The SMILES string of the molecule is CCOc1ccc([C@@H]2C=C3c4cc5c(cc4CCN3C3=C2C(=O)CC(C)(C)C3)OCCCO5)cc1. The van der Waals surface area contributed by atoms with E-state index in [1.807, 2.05) is 19.1 Å². The van der Waals surface area contributed by atoms with Gasteiger partial charge in [0.15, 0.2) is 17.3 Å². The number of carbonyl (C=O) groups excluding carboxylic acids is 1. The summed E-state index contributed by atoms with van der Waals surface area (Å²) in [5.74, 6) is 2.73. The van der Waals surface area contributed by atoms with Crippen LogP contribution in [0.4, 0.5) is 0 Å². The molecule has 35 heavy (non-hydrogen) atoms. The smallest absolute Gasteiger partial charge is 0.162 e. The molecule has 0 saturated heterocycles. The zero-order chi connectivity index (χ0) is 24.2. The first kappa shape index (κ1) is 22.3. The first-order valence-corrected chi connectivity index (χ1v) is 12.8. The summed E-state index contributed by atoms with van der Waals surface area (Å²) in [5.41, 5.74) is 6.90. The summed E-state index contributed by atoms with van der Waals surface area (Å²) in [7, 11) is 0. The Labute approximate surface area is 207 Å². The Morgan fingerprint density at radius 3 is 2.54 bits per heavy atom. The number of nitrogens with zero attached hydrogens (tertiary/aromatic N) is 1. The number of rotatable bonds is 3. The molecule has 2 aromatic rings. The molecule has 3 heterocycles. The van der Waals surface area contributed by atoms with Crippen molar-refractivity contribution < 1.29 is 19.0 Å². The van der Waals surface area contributed by atoms with Gasteiger partial charge in [0.2, 0.25) is 0 Å². The fraction of sp³-hybridized carbons (Fsp3) is 0.433. The van der Waals surface area contributed by atoms with Gasteiger partial charge < -0.3 is 19.1 Å². The monoisotopic (exact) mass is 471 g/mol. The number of hydrogen-bond acceptors (Lipinski definition) is 5. The van der Waals surface area contributed by atoms with Crippen LogP contribution >= 0.6 is 0 Å². The van der Waals surface area contributed by atoms with Crippen molar-refractivity contribution in [3.63, 3.8) is 0 Å². The molecule has 3 aliphatic heterocycles. The third kappa shape index (κ3) is 3.91. The van der Waals surface area contributed by atoms with Gasteiger partial charge in [-0.3, -0.25) is 4.79 Å². The average molecular weight is 472 g/mol. The van der Waals surface area contributed by atoms with Gasteiger partial charge in [-0.25, -0.2) is 0 Å². The molecule has 0 unspecified atom stereocenters. The normalized spacial score (nSPS) is 22.5. The minimum Gasteiger partial charge on any atom is -0.494 e. The molecular formula is C30H33NO4. The Balaban J connectivity index is 1.49. The van der Waals surface area contributed by atoms with Crippen LogP contribution < -0.4 is 14.2 Å². The van der Waals surface area contributed by atoms with Crippen LogP contribution in [-0.4, -0.2) is 37.0 Å². The third-order valence-electron chi connectivity index (χ3n) is 7.55. The molecule has 5 heteroatoms. The van der Waals surface area contributed by atoms with Crippen LogP contribution in [0.2, 0.25) is 0 Å². The summed E-state index contributed by atoms with van der Waals surface area (Å²) in [4.78, 5) is 16.0. The lowest BCUT2D eigenvalue weighted by Crippen LogP contribution is -2.40. The van der Waals surface area contributed by atoms with Gasteiger partial charge in [0.25, 0.3) is 0 Å². The van der Waals surface area contributed by atoms with Gasteiger partial charge in [0, 0.05) is 47.8 Å². The highest BCUT2D eigenvalue weighted by Gasteiger charge is 2.42. The molecule has 5 nitrogen and oxygen atoms in total. The van der Waals surface area contributed by atoms with Gasteiger partial charge in [-0.05, 0) is 66.6 Å². The minimum atomic E-state index is -0.0718. The van der Waals surface area contributed by atoms with Crippen LogP contribution in [0.5, 0.6) is 17.2 Å². The summed E-state index contributed by atoms with van der Waals surface area (Å²) in [6, 6.07) is 12.6. The van der Waals surface area contributed by atoms with E-state index >= 15 is 0 Å². The fourth-order valence-corrected chi connectivity index (χ4v) is 5.99. The maximum atomic E-state index is 13.6. The molecule has 0 aromatic heterocycles. The van der Waals surface area contributed by atoms with Crippen LogP contribution in [0.15, 0.2) is 53.7 Å². The molecule has 182 valence electrons. The van der Waals surface area contributed by atoms with Gasteiger partial charge >= 0.3 is 0 Å². The van der Waals surface area contributed by atoms with Crippen LogP contribution in [0.3, 0.4) is 0 Å². The number of fused-ring (bicyclic) bond motifs is 5. The van der Waals surface area contributed by atoms with Crippen molar-refractivity contribution in [3.8, 4) is 17.2 Å². The summed E-state index contributed by atoms with van der Waals surface area (Å²) in [5, 5.41) is 0. The van der Waals surface area contributed by atoms with Crippen molar-refractivity contribution in [2.45, 2.75) is 52.4 Å². The van der Waals surface area contributed by atoms with Crippen molar-refractivity contribution in [1.82, 2.24) is 4.90 Å². The van der Waals surface area contributed by atoms with E-state index in [-0.39, 0.29) is 17.1 Å². The molecule has 0 bridgehead atoms. The number of ketones is 1. The molecule has 1 atom stereocenters. The van der Waals surface area contributed by atoms with Gasteiger partial charge in [0.05, 0.1) is 19.8 Å². The largest absolute Gasteiger partial charge is 0.494 e. The van der Waals surface area contributed by atoms with Crippen LogP contribution in [0, 0.1) is 5.41 Å². The second-order valence-electron chi connectivity index (χ2n) is 10.7. The number of allylic oxidation sites excluding steroid dienone is 3. The highest BCUT2D eigenvalue weighted by Crippen LogP contribution is 2.51. The van der Waals surface area contributed by atoms with E-state index in [1.54, 1.807) is 0 Å². The van der Waals surface area contributed by atoms with E-state index in [4.69, 9.17) is 14.2 Å². The van der Waals surface area contributed by atoms with Crippen molar-refractivity contribution in [2.75, 3.05) is 26.4 Å². The van der Waals surface area contributed by atoms with Gasteiger partial charge in [-0.1, -0.05) is 26.0 Å². The quantitative estimate of drug-likeness (QED) is 0.559. The number of carbonyl (C=O) groups is 1. The summed E-state index contributed by atoms with van der Waals surface area (Å²) in [6.07, 6.45) is 5.60. The van der Waals surface area contributed by atoms with Crippen LogP contribution in [-0.2, 0) is 11.2 Å². The lowest BCUT2D eigenvalue weighted by molar-refractivity contribution is -0.118. The molecule has 0 radical (unpaired) electrons. The van der Waals surface area contributed by atoms with E-state index in [1.165, 1.54) is 22.5 Å². The Hall–Kier alpha value is -3.21. The van der Waals surface area contributed by atoms with E-state index in [0.717, 1.165) is 54.2 Å². The first-order valence-electron chi connectivity index (χ1n) is 12.8. The first-order chi connectivity index (χ1) is 16.9. The molecule has 0 amide bonds. The number of hydrogen-bond donors (Lipinski definition) is 0. The summed E-state index contributed by atoms with van der Waals surface area (Å²) >= 11 is 0. The number of benzene rings is 2. The number of Topliss-reactive ketones (excluding diaryl/α,β-unsaturated/α-hetero) is 1. The molecule has 2 aromatic carbocycles. The molecule has 0 fully saturated rings. The van der Waals surface area contributed by atoms with E-state index in [2.05, 4.69) is 49.1 Å². The molecule has 4 aliphatic rings. The highest BCUT2D eigenvalue weighted by atomic mass is 16.5. The second kappa shape index (κ2) is 8.47. The van der Waals surface area contributed by atoms with Crippen LogP contribution in [0.25, 0.3) is 5.70 Å². The highest BCUT2D eigenvalue weighted by molar-refractivity contribution is 6.01. The minimum absolute atomic E-state index is 0.0489. The van der Waals surface area contributed by atoms with Crippen LogP contribution in [0.1, 0.15) is 62.6 Å². The van der Waals surface area contributed by atoms with Gasteiger partial charge in [-0.2, -0.15) is 0 Å². The molecule has 0 saturated carbocycles. The lowest BCUT2D eigenvalue weighted by Gasteiger charge is -2.46. The topological polar surface area (TPSA) is 48.0 Å². The van der Waals surface area contributed by atoms with E-state index in [0.29, 0.717) is 26.2 Å². The molecule has 0 spiro atoms. The van der Waals surface area contributed by atoms with E-state index in [9.17, 15) is 4.79 Å². The van der Waals surface area contributed by atoms with Crippen molar-refractivity contribution >= 4 is 11.5 Å². The Morgan fingerprint density at radius 2 is 1.80 bits per heavy atom. The number of ether oxygens (including phenoxy) is 3. The zero-order valence-electron chi connectivity index (χ0n) is 20.9. The van der Waals surface area contributed by atoms with Crippen molar-refractivity contribution in [3.05, 3.63) is 70.4 Å². The second-order valence-corrected chi connectivity index (χ2v) is 10.7. The average Bonchev–Trinajstić information content (AvgIpc) is 3.07. The summed E-state index contributed by atoms with van der Waals surface area (Å²) < 4.78 is 17.7. The summed E-state index contributed by atoms with van der Waals surface area (Å²) in [6.45, 7) is 9.27. The maximum absolute atomic E-state index is 13.6. The fourth-order valence-electron chi connectivity index (χ4n) is 5.99. The van der Waals surface area contributed by atoms with Gasteiger partial charge in [0.1, 0.15) is 5.75 Å². The third-order valence-corrected chi connectivity index (χ3v) is 7.55. The molecule has 1 aliphatic carbocycles. The van der Waals surface area contributed by atoms with E-state index < -0.39 is 0 Å². The maximum Gasteiger partial charge on any atom is 0.162 e. The molecular weight excluding hydrogens is 438 g/mol. The van der Waals surface area contributed by atoms with Crippen molar-refractivity contribution in [1.29, 1.82) is 0 Å². The molecule has 0 N–H and O–H groups in total. The standard InChI is InChI=1S/C30H33NO4/c1-4-33-21-8-6-19(7-9-21)23-15-24-22-16-28-27(34-12-5-13-35-28)14-20(22)10-11-31(24)25-17-30(2,3)18-26(32)29(23)25/h6-9,14-16,23H,4-5,10-13,17-18H2,1-3H3/t23-/m0/s1. The predicted octanol–water partition coefficient (Wildman–Crippen LogP) is 5.89.